The van der Waals surface area contributed by atoms with E-state index in [9.17, 15) is 0 Å². The second-order valence-electron chi connectivity index (χ2n) is 6.13. The first-order valence-electron chi connectivity index (χ1n) is 7.60. The topological polar surface area (TPSA) is 12.0 Å². The van der Waals surface area contributed by atoms with Crippen molar-refractivity contribution in [1.29, 1.82) is 0 Å². The summed E-state index contributed by atoms with van der Waals surface area (Å²) in [5, 5.41) is 3.79. The van der Waals surface area contributed by atoms with Crippen molar-refractivity contribution in [2.45, 2.75) is 52.0 Å². The number of thiophene rings is 1. The minimum Gasteiger partial charge on any atom is -0.309 e. The molecule has 2 heteroatoms. The number of hydrogen-bond donors (Lipinski definition) is 1. The van der Waals surface area contributed by atoms with Crippen LogP contribution in [0.5, 0.6) is 0 Å². The van der Waals surface area contributed by atoms with Gasteiger partial charge in [0.15, 0.2) is 0 Å². The molecule has 0 saturated heterocycles. The van der Waals surface area contributed by atoms with E-state index in [1.165, 1.54) is 48.4 Å². The minimum atomic E-state index is 0.537. The Hall–Kier alpha value is -0.340. The maximum Gasteiger partial charge on any atom is 0.0386 e. The van der Waals surface area contributed by atoms with Crippen LogP contribution in [0.15, 0.2) is 12.1 Å². The van der Waals surface area contributed by atoms with Crippen molar-refractivity contribution in [2.24, 2.45) is 17.8 Å². The molecule has 1 unspecified atom stereocenters. The van der Waals surface area contributed by atoms with Crippen molar-refractivity contribution in [2.75, 3.05) is 6.54 Å². The third-order valence-electron chi connectivity index (χ3n) is 4.57. The van der Waals surface area contributed by atoms with Gasteiger partial charge < -0.3 is 5.32 Å². The van der Waals surface area contributed by atoms with Crippen LogP contribution in [0.3, 0.4) is 0 Å². The van der Waals surface area contributed by atoms with Crippen molar-refractivity contribution in [3.05, 3.63) is 21.9 Å². The van der Waals surface area contributed by atoms with Gasteiger partial charge in [-0.1, -0.05) is 6.92 Å². The Kier molecular flexibility index (Phi) is 3.76. The Bertz CT molecular complexity index is 378. The molecule has 1 N–H and O–H groups in total. The van der Waals surface area contributed by atoms with Gasteiger partial charge in [0.25, 0.3) is 0 Å². The van der Waals surface area contributed by atoms with E-state index < -0.39 is 0 Å². The third-order valence-corrected chi connectivity index (χ3v) is 5.98. The van der Waals surface area contributed by atoms with E-state index in [0.29, 0.717) is 6.04 Å². The Morgan fingerprint density at radius 2 is 1.89 bits per heavy atom. The predicted octanol–water partition coefficient (Wildman–Crippen LogP) is 4.40. The molecule has 1 nitrogen and oxygen atoms in total. The Morgan fingerprint density at radius 1 is 1.22 bits per heavy atom. The van der Waals surface area contributed by atoms with E-state index in [4.69, 9.17) is 0 Å². The highest BCUT2D eigenvalue weighted by atomic mass is 32.1. The van der Waals surface area contributed by atoms with E-state index in [-0.39, 0.29) is 0 Å². The molecular weight excluding hydrogens is 238 g/mol. The summed E-state index contributed by atoms with van der Waals surface area (Å²) in [5.41, 5.74) is 0. The van der Waals surface area contributed by atoms with Crippen LogP contribution in [0.4, 0.5) is 0 Å². The Labute approximate surface area is 115 Å². The Morgan fingerprint density at radius 3 is 2.39 bits per heavy atom. The minimum absolute atomic E-state index is 0.537. The molecule has 0 amide bonds. The quantitative estimate of drug-likeness (QED) is 0.769. The first-order chi connectivity index (χ1) is 8.78. The molecule has 0 radical (unpaired) electrons. The monoisotopic (exact) mass is 263 g/mol. The fourth-order valence-corrected chi connectivity index (χ4v) is 3.98. The molecule has 1 heterocycles. The second kappa shape index (κ2) is 5.34. The SMILES string of the molecule is CCc1ccc(C(C)NCC(C2CC2)C2CC2)s1. The van der Waals surface area contributed by atoms with Crippen LogP contribution < -0.4 is 5.32 Å². The summed E-state index contributed by atoms with van der Waals surface area (Å²) in [4.78, 5) is 3.02. The van der Waals surface area contributed by atoms with E-state index in [2.05, 4.69) is 31.3 Å². The molecule has 1 atom stereocenters. The maximum atomic E-state index is 3.79. The van der Waals surface area contributed by atoms with Gasteiger partial charge >= 0.3 is 0 Å². The Balaban J connectivity index is 1.52. The third kappa shape index (κ3) is 2.97. The van der Waals surface area contributed by atoms with Gasteiger partial charge in [-0.25, -0.2) is 0 Å². The summed E-state index contributed by atoms with van der Waals surface area (Å²) >= 11 is 1.98. The van der Waals surface area contributed by atoms with Crippen molar-refractivity contribution < 1.29 is 0 Å². The van der Waals surface area contributed by atoms with E-state index >= 15 is 0 Å². The molecule has 0 aromatic carbocycles. The van der Waals surface area contributed by atoms with Crippen LogP contribution in [-0.2, 0) is 6.42 Å². The van der Waals surface area contributed by atoms with Gasteiger partial charge in [0.05, 0.1) is 0 Å². The molecule has 0 aliphatic heterocycles. The zero-order valence-corrected chi connectivity index (χ0v) is 12.4. The molecule has 0 spiro atoms. The average molecular weight is 263 g/mol. The molecule has 1 aromatic heterocycles. The lowest BCUT2D eigenvalue weighted by Crippen LogP contribution is -2.27. The maximum absolute atomic E-state index is 3.79. The van der Waals surface area contributed by atoms with Gasteiger partial charge in [0.2, 0.25) is 0 Å². The summed E-state index contributed by atoms with van der Waals surface area (Å²) in [6.07, 6.45) is 7.16. The summed E-state index contributed by atoms with van der Waals surface area (Å²) in [7, 11) is 0. The van der Waals surface area contributed by atoms with E-state index in [0.717, 1.165) is 17.8 Å². The van der Waals surface area contributed by atoms with Crippen molar-refractivity contribution >= 4 is 11.3 Å². The highest BCUT2D eigenvalue weighted by Gasteiger charge is 2.41. The van der Waals surface area contributed by atoms with Crippen LogP contribution in [0.25, 0.3) is 0 Å². The van der Waals surface area contributed by atoms with Crippen LogP contribution >= 0.6 is 11.3 Å². The molecule has 2 fully saturated rings. The van der Waals surface area contributed by atoms with E-state index in [1.807, 2.05) is 11.3 Å². The largest absolute Gasteiger partial charge is 0.309 e. The van der Waals surface area contributed by atoms with Gasteiger partial charge in [-0.2, -0.15) is 0 Å². The number of nitrogens with one attached hydrogen (secondary N) is 1. The molecular formula is C16H25NS. The molecule has 0 bridgehead atoms. The summed E-state index contributed by atoms with van der Waals surface area (Å²) in [6.45, 7) is 5.81. The molecule has 2 aliphatic carbocycles. The zero-order valence-electron chi connectivity index (χ0n) is 11.6. The van der Waals surface area contributed by atoms with Crippen molar-refractivity contribution in [3.8, 4) is 0 Å². The van der Waals surface area contributed by atoms with Crippen molar-refractivity contribution in [1.82, 2.24) is 5.32 Å². The van der Waals surface area contributed by atoms with Crippen LogP contribution in [0, 0.1) is 17.8 Å². The molecule has 2 saturated carbocycles. The predicted molar refractivity (Wildman–Crippen MR) is 79.1 cm³/mol. The standard InChI is InChI=1S/C16H25NS/c1-3-14-8-9-16(18-14)11(2)17-10-15(12-4-5-12)13-6-7-13/h8-9,11-13,15,17H,3-7,10H2,1-2H3. The number of aryl methyl sites for hydroxylation is 1. The average Bonchev–Trinajstić information content (AvgIpc) is 3.30. The van der Waals surface area contributed by atoms with E-state index in [1.54, 1.807) is 0 Å². The highest BCUT2D eigenvalue weighted by Crippen LogP contribution is 2.49. The second-order valence-corrected chi connectivity index (χ2v) is 7.33. The first kappa shape index (κ1) is 12.7. The van der Waals surface area contributed by atoms with Crippen LogP contribution in [0.1, 0.15) is 55.3 Å². The molecule has 1 aromatic rings. The molecule has 100 valence electrons. The van der Waals surface area contributed by atoms with Crippen LogP contribution in [-0.4, -0.2) is 6.54 Å². The lowest BCUT2D eigenvalue weighted by Gasteiger charge is -2.19. The van der Waals surface area contributed by atoms with Gasteiger partial charge in [0.1, 0.15) is 0 Å². The highest BCUT2D eigenvalue weighted by molar-refractivity contribution is 7.12. The summed E-state index contributed by atoms with van der Waals surface area (Å²) in [6, 6.07) is 5.14. The number of rotatable bonds is 7. The zero-order chi connectivity index (χ0) is 12.5. The molecule has 3 rings (SSSR count). The van der Waals surface area contributed by atoms with Gasteiger partial charge in [-0.15, -0.1) is 11.3 Å². The normalized spacial score (nSPS) is 21.5. The fraction of sp³-hybridized carbons (Fsp3) is 0.750. The van der Waals surface area contributed by atoms with Gasteiger partial charge in [0, 0.05) is 15.8 Å². The summed E-state index contributed by atoms with van der Waals surface area (Å²) in [5.74, 6) is 3.11. The van der Waals surface area contributed by atoms with Gasteiger partial charge in [-0.3, -0.25) is 0 Å². The molecule has 18 heavy (non-hydrogen) atoms. The van der Waals surface area contributed by atoms with Crippen LogP contribution in [0.2, 0.25) is 0 Å². The first-order valence-corrected chi connectivity index (χ1v) is 8.41. The molecule has 2 aliphatic rings. The van der Waals surface area contributed by atoms with Gasteiger partial charge in [-0.05, 0) is 75.5 Å². The lowest BCUT2D eigenvalue weighted by atomic mass is 9.97. The summed E-state index contributed by atoms with van der Waals surface area (Å²) < 4.78 is 0. The fourth-order valence-electron chi connectivity index (χ4n) is 3.00. The number of hydrogen-bond acceptors (Lipinski definition) is 2. The lowest BCUT2D eigenvalue weighted by molar-refractivity contribution is 0.363. The smallest absolute Gasteiger partial charge is 0.0386 e. The van der Waals surface area contributed by atoms with Crippen molar-refractivity contribution in [3.63, 3.8) is 0 Å².